The lowest BCUT2D eigenvalue weighted by Crippen LogP contribution is -2.22. The average molecular weight is 194 g/mol. The Labute approximate surface area is 83.3 Å². The highest BCUT2D eigenvalue weighted by molar-refractivity contribution is 5.70. The summed E-state index contributed by atoms with van der Waals surface area (Å²) >= 11 is 0. The zero-order valence-corrected chi connectivity index (χ0v) is 8.33. The van der Waals surface area contributed by atoms with Gasteiger partial charge in [0.2, 0.25) is 0 Å². The molecule has 0 aliphatic heterocycles. The van der Waals surface area contributed by atoms with E-state index in [2.05, 4.69) is 10.6 Å². The molecule has 0 spiro atoms. The van der Waals surface area contributed by atoms with Gasteiger partial charge in [-0.2, -0.15) is 0 Å². The number of carbonyl (C=O) groups excluding carboxylic acids is 1. The molecule has 2 N–H and O–H groups in total. The Balaban J connectivity index is 2.68. The summed E-state index contributed by atoms with van der Waals surface area (Å²) in [4.78, 5) is 10.9. The maximum atomic E-state index is 10.9. The molecule has 0 bridgehead atoms. The molecule has 4 nitrogen and oxygen atoms in total. The molecule has 76 valence electrons. The minimum absolute atomic E-state index is 0.460. The van der Waals surface area contributed by atoms with Gasteiger partial charge in [0.25, 0.3) is 0 Å². The smallest absolute Gasteiger partial charge is 0.410 e. The Bertz CT molecular complexity index is 313. The molecule has 1 rings (SSSR count). The summed E-state index contributed by atoms with van der Waals surface area (Å²) in [5.41, 5.74) is 0.939. The maximum Gasteiger partial charge on any atom is 0.412 e. The molecule has 0 saturated heterocycles. The lowest BCUT2D eigenvalue weighted by Gasteiger charge is -2.06. The van der Waals surface area contributed by atoms with E-state index in [0.717, 1.165) is 12.2 Å². The number of anilines is 1. The number of ether oxygens (including phenoxy) is 1. The normalized spacial score (nSPS) is 9.29. The van der Waals surface area contributed by atoms with Crippen molar-refractivity contribution in [3.8, 4) is 5.75 Å². The molecule has 14 heavy (non-hydrogen) atoms. The average Bonchev–Trinajstić information content (AvgIpc) is 2.19. The van der Waals surface area contributed by atoms with Crippen LogP contribution in [-0.2, 0) is 0 Å². The van der Waals surface area contributed by atoms with Crippen LogP contribution in [0, 0.1) is 0 Å². The first kappa shape index (κ1) is 10.4. The SMILES string of the molecule is CCNc1cccc(OC(=O)NC)c1. The van der Waals surface area contributed by atoms with Crippen molar-refractivity contribution in [2.24, 2.45) is 0 Å². The third-order valence-electron chi connectivity index (χ3n) is 1.63. The standard InChI is InChI=1S/C10H14N2O2/c1-3-12-8-5-4-6-9(7-8)14-10(13)11-2/h4-7,12H,3H2,1-2H3,(H,11,13). The zero-order chi connectivity index (χ0) is 10.4. The van der Waals surface area contributed by atoms with Gasteiger partial charge in [-0.1, -0.05) is 6.07 Å². The van der Waals surface area contributed by atoms with Crippen molar-refractivity contribution in [2.45, 2.75) is 6.92 Å². The van der Waals surface area contributed by atoms with Crippen LogP contribution in [-0.4, -0.2) is 19.7 Å². The molecule has 0 aliphatic rings. The fraction of sp³-hybridized carbons (Fsp3) is 0.300. The predicted octanol–water partition coefficient (Wildman–Crippen LogP) is 1.84. The van der Waals surface area contributed by atoms with Crippen molar-refractivity contribution < 1.29 is 9.53 Å². The Kier molecular flexibility index (Phi) is 3.79. The molecule has 0 fully saturated rings. The summed E-state index contributed by atoms with van der Waals surface area (Å²) in [5.74, 6) is 0.530. The van der Waals surface area contributed by atoms with Crippen molar-refractivity contribution in [3.05, 3.63) is 24.3 Å². The third kappa shape index (κ3) is 2.97. The van der Waals surface area contributed by atoms with Crippen LogP contribution in [0.3, 0.4) is 0 Å². The molecule has 0 heterocycles. The Morgan fingerprint density at radius 3 is 2.93 bits per heavy atom. The van der Waals surface area contributed by atoms with Gasteiger partial charge in [0.1, 0.15) is 5.75 Å². The molecule has 0 atom stereocenters. The summed E-state index contributed by atoms with van der Waals surface area (Å²) < 4.78 is 4.96. The fourth-order valence-electron chi connectivity index (χ4n) is 1.03. The van der Waals surface area contributed by atoms with Crippen molar-refractivity contribution in [3.63, 3.8) is 0 Å². The summed E-state index contributed by atoms with van der Waals surface area (Å²) in [6, 6.07) is 7.26. The topological polar surface area (TPSA) is 50.4 Å². The van der Waals surface area contributed by atoms with E-state index < -0.39 is 6.09 Å². The van der Waals surface area contributed by atoms with E-state index in [1.54, 1.807) is 12.1 Å². The lowest BCUT2D eigenvalue weighted by atomic mass is 10.3. The van der Waals surface area contributed by atoms with E-state index in [1.165, 1.54) is 7.05 Å². The largest absolute Gasteiger partial charge is 0.412 e. The minimum atomic E-state index is -0.460. The van der Waals surface area contributed by atoms with Crippen molar-refractivity contribution >= 4 is 11.8 Å². The van der Waals surface area contributed by atoms with Crippen LogP contribution in [0.4, 0.5) is 10.5 Å². The molecular weight excluding hydrogens is 180 g/mol. The van der Waals surface area contributed by atoms with Gasteiger partial charge >= 0.3 is 6.09 Å². The van der Waals surface area contributed by atoms with Gasteiger partial charge in [-0.15, -0.1) is 0 Å². The van der Waals surface area contributed by atoms with Crippen molar-refractivity contribution in [2.75, 3.05) is 18.9 Å². The molecule has 4 heteroatoms. The quantitative estimate of drug-likeness (QED) is 0.771. The molecule has 0 unspecified atom stereocenters. The molecule has 1 amide bonds. The second-order valence-electron chi connectivity index (χ2n) is 2.70. The molecule has 0 radical (unpaired) electrons. The highest BCUT2D eigenvalue weighted by Crippen LogP contribution is 2.16. The number of benzene rings is 1. The first-order valence-electron chi connectivity index (χ1n) is 4.49. The zero-order valence-electron chi connectivity index (χ0n) is 8.33. The number of nitrogens with one attached hydrogen (secondary N) is 2. The van der Waals surface area contributed by atoms with Crippen molar-refractivity contribution in [1.82, 2.24) is 5.32 Å². The van der Waals surface area contributed by atoms with Gasteiger partial charge in [-0.25, -0.2) is 4.79 Å². The van der Waals surface area contributed by atoms with E-state index in [4.69, 9.17) is 4.74 Å². The van der Waals surface area contributed by atoms with E-state index >= 15 is 0 Å². The van der Waals surface area contributed by atoms with Crippen LogP contribution in [0.2, 0.25) is 0 Å². The Morgan fingerprint density at radius 2 is 2.29 bits per heavy atom. The van der Waals surface area contributed by atoms with Gasteiger partial charge in [-0.05, 0) is 19.1 Å². The Morgan fingerprint density at radius 1 is 1.50 bits per heavy atom. The first-order valence-corrected chi connectivity index (χ1v) is 4.49. The number of hydrogen-bond donors (Lipinski definition) is 2. The van der Waals surface area contributed by atoms with E-state index in [-0.39, 0.29) is 0 Å². The van der Waals surface area contributed by atoms with Gasteiger partial charge in [0.15, 0.2) is 0 Å². The van der Waals surface area contributed by atoms with Crippen molar-refractivity contribution in [1.29, 1.82) is 0 Å². The second kappa shape index (κ2) is 5.11. The second-order valence-corrected chi connectivity index (χ2v) is 2.70. The molecule has 1 aromatic carbocycles. The van der Waals surface area contributed by atoms with Crippen LogP contribution < -0.4 is 15.4 Å². The van der Waals surface area contributed by atoms with Gasteiger partial charge < -0.3 is 15.4 Å². The van der Waals surface area contributed by atoms with Crippen LogP contribution >= 0.6 is 0 Å². The van der Waals surface area contributed by atoms with Gasteiger partial charge in [0.05, 0.1) is 0 Å². The Hall–Kier alpha value is -1.71. The van der Waals surface area contributed by atoms with E-state index in [9.17, 15) is 4.79 Å². The molecule has 0 saturated carbocycles. The number of amides is 1. The van der Waals surface area contributed by atoms with Gasteiger partial charge in [-0.3, -0.25) is 0 Å². The summed E-state index contributed by atoms with van der Waals surface area (Å²) in [6.45, 7) is 2.84. The maximum absolute atomic E-state index is 10.9. The van der Waals surface area contributed by atoms with Crippen LogP contribution in [0.15, 0.2) is 24.3 Å². The van der Waals surface area contributed by atoms with Gasteiger partial charge in [0, 0.05) is 25.3 Å². The van der Waals surface area contributed by atoms with Crippen LogP contribution in [0.25, 0.3) is 0 Å². The molecule has 1 aromatic rings. The third-order valence-corrected chi connectivity index (χ3v) is 1.63. The molecule has 0 aliphatic carbocycles. The monoisotopic (exact) mass is 194 g/mol. The number of hydrogen-bond acceptors (Lipinski definition) is 3. The highest BCUT2D eigenvalue weighted by Gasteiger charge is 2.01. The summed E-state index contributed by atoms with van der Waals surface area (Å²) in [7, 11) is 1.52. The summed E-state index contributed by atoms with van der Waals surface area (Å²) in [5, 5.41) is 5.51. The number of rotatable bonds is 3. The van der Waals surface area contributed by atoms with Crippen LogP contribution in [0.5, 0.6) is 5.75 Å². The minimum Gasteiger partial charge on any atom is -0.410 e. The first-order chi connectivity index (χ1) is 6.76. The predicted molar refractivity (Wildman–Crippen MR) is 55.7 cm³/mol. The number of carbonyl (C=O) groups is 1. The van der Waals surface area contributed by atoms with E-state index in [0.29, 0.717) is 5.75 Å². The van der Waals surface area contributed by atoms with E-state index in [1.807, 2.05) is 19.1 Å². The van der Waals surface area contributed by atoms with Crippen LogP contribution in [0.1, 0.15) is 6.92 Å². The lowest BCUT2D eigenvalue weighted by molar-refractivity contribution is 0.203. The molecule has 0 aromatic heterocycles. The highest BCUT2D eigenvalue weighted by atomic mass is 16.5. The fourth-order valence-corrected chi connectivity index (χ4v) is 1.03. The molecular formula is C10H14N2O2. The summed E-state index contributed by atoms with van der Waals surface area (Å²) in [6.07, 6.45) is -0.460.